The van der Waals surface area contributed by atoms with Crippen molar-refractivity contribution >= 4 is 11.6 Å². The van der Waals surface area contributed by atoms with Crippen LogP contribution in [0.25, 0.3) is 0 Å². The van der Waals surface area contributed by atoms with Crippen LogP contribution in [0.3, 0.4) is 0 Å². The number of carbonyl (C=O) groups excluding carboxylic acids is 1. The minimum Gasteiger partial charge on any atom is -0.486 e. The van der Waals surface area contributed by atoms with Crippen LogP contribution >= 0.6 is 0 Å². The quantitative estimate of drug-likeness (QED) is 0.798. The molecule has 1 N–H and O–H groups in total. The normalized spacial score (nSPS) is 16.5. The Kier molecular flexibility index (Phi) is 6.20. The number of fused-ring (bicyclic) bond motifs is 1. The van der Waals surface area contributed by atoms with Gasteiger partial charge in [0.1, 0.15) is 13.2 Å². The Balaban J connectivity index is 1.30. The smallest absolute Gasteiger partial charge is 0.278 e. The fourth-order valence-electron chi connectivity index (χ4n) is 4.01. The second kappa shape index (κ2) is 9.18. The Hall–Kier alpha value is -2.73. The summed E-state index contributed by atoms with van der Waals surface area (Å²) in [6.45, 7) is 9.02. The first-order valence-electron chi connectivity index (χ1n) is 10.5. The van der Waals surface area contributed by atoms with Crippen molar-refractivity contribution in [2.45, 2.75) is 13.5 Å². The number of quaternary nitrogens is 1. The molecule has 6 nitrogen and oxygen atoms in total. The fraction of sp³-hybridized carbons (Fsp3) is 0.435. The minimum atomic E-state index is 0.213. The first-order chi connectivity index (χ1) is 14.2. The molecule has 2 heterocycles. The van der Waals surface area contributed by atoms with Crippen LogP contribution in [0.5, 0.6) is 11.5 Å². The van der Waals surface area contributed by atoms with Gasteiger partial charge in [-0.3, -0.25) is 4.79 Å². The number of nitrogens with one attached hydrogen (secondary N) is 1. The highest BCUT2D eigenvalue weighted by molar-refractivity contribution is 5.77. The lowest BCUT2D eigenvalue weighted by Crippen LogP contribution is -3.15. The summed E-state index contributed by atoms with van der Waals surface area (Å²) in [5, 5.41) is 0. The van der Waals surface area contributed by atoms with Gasteiger partial charge in [0.25, 0.3) is 5.91 Å². The Morgan fingerprint density at radius 3 is 2.48 bits per heavy atom. The summed E-state index contributed by atoms with van der Waals surface area (Å²) in [6, 6.07) is 16.5. The van der Waals surface area contributed by atoms with Gasteiger partial charge in [-0.2, -0.15) is 0 Å². The zero-order chi connectivity index (χ0) is 20.1. The lowest BCUT2D eigenvalue weighted by Gasteiger charge is -2.34. The molecule has 0 aromatic heterocycles. The van der Waals surface area contributed by atoms with Crippen LogP contribution < -0.4 is 19.3 Å². The van der Waals surface area contributed by atoms with Crippen molar-refractivity contribution in [1.29, 1.82) is 0 Å². The molecule has 6 heteroatoms. The first-order valence-corrected chi connectivity index (χ1v) is 10.5. The number of para-hydroxylation sites is 1. The molecule has 0 spiro atoms. The standard InChI is InChI=1S/C23H29N3O3/c1-2-25(17-19-8-9-21-22(16-19)29-15-14-28-21)23(27)18-24-10-12-26(13-11-24)20-6-4-3-5-7-20/h3-9,16H,2,10-15,17-18H2,1H3/p+1. The number of hydrogen-bond acceptors (Lipinski definition) is 4. The van der Waals surface area contributed by atoms with Crippen molar-refractivity contribution in [2.24, 2.45) is 0 Å². The van der Waals surface area contributed by atoms with Gasteiger partial charge in [0, 0.05) is 18.8 Å². The maximum absolute atomic E-state index is 12.9. The van der Waals surface area contributed by atoms with Gasteiger partial charge in [-0.25, -0.2) is 0 Å². The van der Waals surface area contributed by atoms with E-state index in [2.05, 4.69) is 29.2 Å². The molecule has 0 saturated carbocycles. The Morgan fingerprint density at radius 1 is 1.03 bits per heavy atom. The Bertz CT molecular complexity index is 819. The van der Waals surface area contributed by atoms with E-state index in [9.17, 15) is 4.79 Å². The fourth-order valence-corrected chi connectivity index (χ4v) is 4.01. The van der Waals surface area contributed by atoms with Gasteiger partial charge in [-0.05, 0) is 36.8 Å². The van der Waals surface area contributed by atoms with E-state index in [1.165, 1.54) is 10.6 Å². The van der Waals surface area contributed by atoms with Crippen molar-refractivity contribution in [3.05, 3.63) is 54.1 Å². The lowest BCUT2D eigenvalue weighted by atomic mass is 10.1. The largest absolute Gasteiger partial charge is 0.486 e. The molecule has 0 unspecified atom stereocenters. The second-order valence-electron chi connectivity index (χ2n) is 7.64. The number of hydrogen-bond donors (Lipinski definition) is 1. The summed E-state index contributed by atoms with van der Waals surface area (Å²) in [6.07, 6.45) is 0. The zero-order valence-corrected chi connectivity index (χ0v) is 17.1. The third kappa shape index (κ3) is 4.82. The van der Waals surface area contributed by atoms with Gasteiger partial charge < -0.3 is 24.2 Å². The summed E-state index contributed by atoms with van der Waals surface area (Å²) in [7, 11) is 0. The van der Waals surface area contributed by atoms with Gasteiger partial charge in [0.05, 0.1) is 26.2 Å². The van der Waals surface area contributed by atoms with Crippen LogP contribution in [0.15, 0.2) is 48.5 Å². The van der Waals surface area contributed by atoms with Crippen molar-refractivity contribution in [3.63, 3.8) is 0 Å². The summed E-state index contributed by atoms with van der Waals surface area (Å²) in [5.74, 6) is 1.78. The number of rotatable bonds is 6. The van der Waals surface area contributed by atoms with Gasteiger partial charge in [-0.1, -0.05) is 24.3 Å². The van der Waals surface area contributed by atoms with Crippen LogP contribution in [0.2, 0.25) is 0 Å². The average Bonchev–Trinajstić information content (AvgIpc) is 2.78. The molecule has 2 aliphatic rings. The summed E-state index contributed by atoms with van der Waals surface area (Å²) < 4.78 is 11.3. The SMILES string of the molecule is CCN(Cc1ccc2c(c1)OCCO2)C(=O)C[NH+]1CCN(c2ccccc2)CC1. The number of anilines is 1. The molecule has 1 fully saturated rings. The van der Waals surface area contributed by atoms with Crippen LogP contribution in [0.1, 0.15) is 12.5 Å². The third-order valence-corrected chi connectivity index (χ3v) is 5.71. The van der Waals surface area contributed by atoms with E-state index in [1.807, 2.05) is 36.1 Å². The average molecular weight is 397 g/mol. The number of likely N-dealkylation sites (N-methyl/N-ethyl adjacent to an activating group) is 1. The number of nitrogens with zero attached hydrogens (tertiary/aromatic N) is 2. The van der Waals surface area contributed by atoms with E-state index in [-0.39, 0.29) is 5.91 Å². The molecule has 154 valence electrons. The number of amides is 1. The minimum absolute atomic E-state index is 0.213. The van der Waals surface area contributed by atoms with Gasteiger partial charge in [0.15, 0.2) is 18.0 Å². The molecular weight excluding hydrogens is 366 g/mol. The van der Waals surface area contributed by atoms with Crippen molar-refractivity contribution in [3.8, 4) is 11.5 Å². The van der Waals surface area contributed by atoms with Crippen LogP contribution in [0, 0.1) is 0 Å². The van der Waals surface area contributed by atoms with Crippen LogP contribution in [-0.2, 0) is 11.3 Å². The van der Waals surface area contributed by atoms with Gasteiger partial charge in [0.2, 0.25) is 0 Å². The molecule has 2 aromatic carbocycles. The van der Waals surface area contributed by atoms with Crippen molar-refractivity contribution < 1.29 is 19.2 Å². The van der Waals surface area contributed by atoms with E-state index in [0.29, 0.717) is 32.8 Å². The Labute approximate surface area is 172 Å². The van der Waals surface area contributed by atoms with E-state index in [1.54, 1.807) is 0 Å². The molecule has 0 atom stereocenters. The number of ether oxygens (including phenoxy) is 2. The zero-order valence-electron chi connectivity index (χ0n) is 17.1. The number of carbonyl (C=O) groups is 1. The van der Waals surface area contributed by atoms with Gasteiger partial charge in [-0.15, -0.1) is 0 Å². The molecule has 2 aliphatic heterocycles. The molecular formula is C23H30N3O3+. The molecule has 1 amide bonds. The molecule has 4 rings (SSSR count). The predicted molar refractivity (Wildman–Crippen MR) is 113 cm³/mol. The second-order valence-corrected chi connectivity index (χ2v) is 7.64. The first kappa shape index (κ1) is 19.6. The summed E-state index contributed by atoms with van der Waals surface area (Å²) >= 11 is 0. The van der Waals surface area contributed by atoms with Crippen LogP contribution in [-0.4, -0.2) is 63.3 Å². The van der Waals surface area contributed by atoms with E-state index < -0.39 is 0 Å². The third-order valence-electron chi connectivity index (χ3n) is 5.71. The number of benzene rings is 2. The van der Waals surface area contributed by atoms with E-state index in [0.717, 1.165) is 43.2 Å². The predicted octanol–water partition coefficient (Wildman–Crippen LogP) is 1.21. The van der Waals surface area contributed by atoms with Gasteiger partial charge >= 0.3 is 0 Å². The summed E-state index contributed by atoms with van der Waals surface area (Å²) in [4.78, 5) is 18.6. The highest BCUT2D eigenvalue weighted by atomic mass is 16.6. The Morgan fingerprint density at radius 2 is 1.76 bits per heavy atom. The molecule has 0 aliphatic carbocycles. The van der Waals surface area contributed by atoms with Crippen molar-refractivity contribution in [2.75, 3.05) is 57.4 Å². The number of piperazine rings is 1. The molecule has 29 heavy (non-hydrogen) atoms. The maximum Gasteiger partial charge on any atom is 0.278 e. The molecule has 0 bridgehead atoms. The maximum atomic E-state index is 12.9. The van der Waals surface area contributed by atoms with E-state index >= 15 is 0 Å². The molecule has 1 saturated heterocycles. The molecule has 2 aromatic rings. The summed E-state index contributed by atoms with van der Waals surface area (Å²) in [5.41, 5.74) is 2.35. The highest BCUT2D eigenvalue weighted by Crippen LogP contribution is 2.31. The monoisotopic (exact) mass is 396 g/mol. The lowest BCUT2D eigenvalue weighted by molar-refractivity contribution is -0.892. The molecule has 0 radical (unpaired) electrons. The topological polar surface area (TPSA) is 46.5 Å². The van der Waals surface area contributed by atoms with E-state index in [4.69, 9.17) is 9.47 Å². The van der Waals surface area contributed by atoms with Crippen molar-refractivity contribution in [1.82, 2.24) is 4.90 Å². The van der Waals surface area contributed by atoms with Crippen LogP contribution in [0.4, 0.5) is 5.69 Å². The highest BCUT2D eigenvalue weighted by Gasteiger charge is 2.25.